The van der Waals surface area contributed by atoms with E-state index in [1.165, 1.54) is 10.6 Å². The van der Waals surface area contributed by atoms with Crippen molar-refractivity contribution in [2.45, 2.75) is 0 Å². The van der Waals surface area contributed by atoms with E-state index >= 15 is 0 Å². The number of fused-ring (bicyclic) bond motifs is 1. The molecule has 1 fully saturated rings. The Balaban J connectivity index is 1.94. The minimum atomic E-state index is -3.18. The first-order valence-corrected chi connectivity index (χ1v) is 9.36. The van der Waals surface area contributed by atoms with Gasteiger partial charge in [0.25, 0.3) is 0 Å². The maximum absolute atomic E-state index is 11.6. The lowest BCUT2D eigenvalue weighted by molar-refractivity contribution is 0.387. The van der Waals surface area contributed by atoms with Gasteiger partial charge in [-0.1, -0.05) is 0 Å². The van der Waals surface area contributed by atoms with E-state index in [0.717, 1.165) is 10.9 Å². The molecule has 3 rings (SSSR count). The van der Waals surface area contributed by atoms with Gasteiger partial charge < -0.3 is 9.64 Å². The minimum Gasteiger partial charge on any atom is -0.497 e. The van der Waals surface area contributed by atoms with Gasteiger partial charge in [-0.05, 0) is 24.3 Å². The highest BCUT2D eigenvalue weighted by Crippen LogP contribution is 2.27. The fourth-order valence-corrected chi connectivity index (χ4v) is 3.65. The van der Waals surface area contributed by atoms with Gasteiger partial charge in [-0.2, -0.15) is 9.57 Å². The second-order valence-corrected chi connectivity index (χ2v) is 7.66. The van der Waals surface area contributed by atoms with E-state index in [4.69, 9.17) is 4.74 Å². The minimum absolute atomic E-state index is 0.395. The quantitative estimate of drug-likeness (QED) is 0.830. The molecule has 0 amide bonds. The highest BCUT2D eigenvalue weighted by Gasteiger charge is 2.25. The third-order valence-electron chi connectivity index (χ3n) is 4.13. The van der Waals surface area contributed by atoms with E-state index in [1.54, 1.807) is 13.2 Å². The summed E-state index contributed by atoms with van der Waals surface area (Å²) in [7, 11) is -1.59. The Hall–Kier alpha value is -2.37. The van der Waals surface area contributed by atoms with Crippen molar-refractivity contribution in [3.63, 3.8) is 0 Å². The molecule has 24 heavy (non-hydrogen) atoms. The molecule has 2 heterocycles. The Morgan fingerprint density at radius 3 is 2.50 bits per heavy atom. The molecule has 0 spiro atoms. The third-order valence-corrected chi connectivity index (χ3v) is 5.43. The van der Waals surface area contributed by atoms with Crippen molar-refractivity contribution < 1.29 is 13.2 Å². The average molecular weight is 346 g/mol. The Morgan fingerprint density at radius 2 is 1.92 bits per heavy atom. The van der Waals surface area contributed by atoms with Crippen molar-refractivity contribution >= 4 is 26.7 Å². The lowest BCUT2D eigenvalue weighted by Crippen LogP contribution is -2.48. The number of nitriles is 1. The van der Waals surface area contributed by atoms with Gasteiger partial charge in [0.15, 0.2) is 0 Å². The molecule has 0 atom stereocenters. The van der Waals surface area contributed by atoms with E-state index < -0.39 is 10.0 Å². The van der Waals surface area contributed by atoms with Crippen LogP contribution >= 0.6 is 0 Å². The largest absolute Gasteiger partial charge is 0.497 e. The van der Waals surface area contributed by atoms with E-state index in [0.29, 0.717) is 43.3 Å². The Morgan fingerprint density at radius 1 is 1.21 bits per heavy atom. The van der Waals surface area contributed by atoms with E-state index in [9.17, 15) is 13.7 Å². The molecule has 8 heteroatoms. The fourth-order valence-electron chi connectivity index (χ4n) is 2.83. The average Bonchev–Trinajstić information content (AvgIpc) is 2.59. The van der Waals surface area contributed by atoms with Crippen LogP contribution in [-0.2, 0) is 10.0 Å². The number of sulfonamides is 1. The number of ether oxygens (including phenoxy) is 1. The van der Waals surface area contributed by atoms with E-state index in [2.05, 4.69) is 11.1 Å². The summed E-state index contributed by atoms with van der Waals surface area (Å²) in [5, 5.41) is 10.3. The van der Waals surface area contributed by atoms with Crippen LogP contribution in [0.15, 0.2) is 24.3 Å². The van der Waals surface area contributed by atoms with Crippen LogP contribution in [0.4, 0.5) is 5.82 Å². The lowest BCUT2D eigenvalue weighted by atomic mass is 10.1. The molecule has 1 saturated heterocycles. The zero-order valence-electron chi connectivity index (χ0n) is 13.6. The van der Waals surface area contributed by atoms with Crippen LogP contribution in [0.3, 0.4) is 0 Å². The van der Waals surface area contributed by atoms with Gasteiger partial charge in [0.1, 0.15) is 17.6 Å². The predicted molar refractivity (Wildman–Crippen MR) is 91.6 cm³/mol. The fraction of sp³-hybridized carbons (Fsp3) is 0.375. The first kappa shape index (κ1) is 16.5. The van der Waals surface area contributed by atoms with Gasteiger partial charge in [0.2, 0.25) is 10.0 Å². The van der Waals surface area contributed by atoms with Crippen LogP contribution in [0.2, 0.25) is 0 Å². The molecule has 7 nitrogen and oxygen atoms in total. The number of aromatic nitrogens is 1. The van der Waals surface area contributed by atoms with Gasteiger partial charge in [-0.25, -0.2) is 13.4 Å². The number of rotatable bonds is 3. The zero-order chi connectivity index (χ0) is 17.3. The van der Waals surface area contributed by atoms with Crippen LogP contribution in [0.5, 0.6) is 5.75 Å². The second-order valence-electron chi connectivity index (χ2n) is 5.68. The molecule has 0 aliphatic carbocycles. The molecule has 126 valence electrons. The molecule has 0 bridgehead atoms. The summed E-state index contributed by atoms with van der Waals surface area (Å²) >= 11 is 0. The summed E-state index contributed by atoms with van der Waals surface area (Å²) < 4.78 is 29.9. The summed E-state index contributed by atoms with van der Waals surface area (Å²) in [6, 6.07) is 9.50. The standard InChI is InChI=1S/C16H18N4O3S/c1-23-14-3-4-15-12(10-14)9-13(11-17)16(18-15)19-5-7-20(8-6-19)24(2,21)22/h3-4,9-10H,5-8H2,1-2H3. The maximum Gasteiger partial charge on any atom is 0.211 e. The number of hydrogen-bond donors (Lipinski definition) is 0. The normalized spacial score (nSPS) is 16.1. The SMILES string of the molecule is COc1ccc2nc(N3CCN(S(C)(=O)=O)CC3)c(C#N)cc2c1. The van der Waals surface area contributed by atoms with Crippen LogP contribution in [-0.4, -0.2) is 57.3 Å². The van der Waals surface area contributed by atoms with Gasteiger partial charge in [0, 0.05) is 31.6 Å². The molecule has 0 radical (unpaired) electrons. The van der Waals surface area contributed by atoms with Gasteiger partial charge >= 0.3 is 0 Å². The Bertz CT molecular complexity index is 913. The van der Waals surface area contributed by atoms with Crippen LogP contribution < -0.4 is 9.64 Å². The summed E-state index contributed by atoms with van der Waals surface area (Å²) in [6.07, 6.45) is 1.21. The first-order valence-electron chi connectivity index (χ1n) is 7.51. The number of piperazine rings is 1. The highest BCUT2D eigenvalue weighted by molar-refractivity contribution is 7.88. The predicted octanol–water partition coefficient (Wildman–Crippen LogP) is 1.20. The molecule has 1 aromatic carbocycles. The maximum atomic E-state index is 11.6. The molecule has 1 aliphatic rings. The Kier molecular flexibility index (Phi) is 4.30. The highest BCUT2D eigenvalue weighted by atomic mass is 32.2. The van der Waals surface area contributed by atoms with Crippen LogP contribution in [0.25, 0.3) is 10.9 Å². The lowest BCUT2D eigenvalue weighted by Gasteiger charge is -2.34. The molecule has 0 unspecified atom stereocenters. The summed E-state index contributed by atoms with van der Waals surface area (Å²) in [5.74, 6) is 1.31. The molecular formula is C16H18N4O3S. The zero-order valence-corrected chi connectivity index (χ0v) is 14.4. The molecule has 0 saturated carbocycles. The monoisotopic (exact) mass is 346 g/mol. The summed E-state index contributed by atoms with van der Waals surface area (Å²) in [4.78, 5) is 6.57. The van der Waals surface area contributed by atoms with E-state index in [-0.39, 0.29) is 0 Å². The van der Waals surface area contributed by atoms with Gasteiger partial charge in [0.05, 0.1) is 24.4 Å². The summed E-state index contributed by atoms with van der Waals surface area (Å²) in [6.45, 7) is 1.81. The van der Waals surface area contributed by atoms with Crippen LogP contribution in [0.1, 0.15) is 5.56 Å². The second kappa shape index (κ2) is 6.26. The smallest absolute Gasteiger partial charge is 0.211 e. The molecule has 1 aliphatic heterocycles. The van der Waals surface area contributed by atoms with Crippen molar-refractivity contribution in [2.75, 3.05) is 44.4 Å². The van der Waals surface area contributed by atoms with Gasteiger partial charge in [-0.15, -0.1) is 0 Å². The van der Waals surface area contributed by atoms with Crippen molar-refractivity contribution in [3.05, 3.63) is 29.8 Å². The third kappa shape index (κ3) is 3.13. The number of benzene rings is 1. The number of hydrogen-bond acceptors (Lipinski definition) is 6. The topological polar surface area (TPSA) is 86.5 Å². The number of nitrogens with zero attached hydrogens (tertiary/aromatic N) is 4. The number of anilines is 1. The van der Waals surface area contributed by atoms with Crippen molar-refractivity contribution in [2.24, 2.45) is 0 Å². The number of methoxy groups -OCH3 is 1. The molecule has 2 aromatic rings. The van der Waals surface area contributed by atoms with Crippen LogP contribution in [0, 0.1) is 11.3 Å². The summed E-state index contributed by atoms with van der Waals surface area (Å²) in [5.41, 5.74) is 1.25. The number of pyridine rings is 1. The van der Waals surface area contributed by atoms with Crippen molar-refractivity contribution in [1.82, 2.24) is 9.29 Å². The van der Waals surface area contributed by atoms with Gasteiger partial charge in [-0.3, -0.25) is 0 Å². The van der Waals surface area contributed by atoms with Crippen molar-refractivity contribution in [3.8, 4) is 11.8 Å². The first-order chi connectivity index (χ1) is 11.4. The Labute approximate surface area is 141 Å². The van der Waals surface area contributed by atoms with E-state index in [1.807, 2.05) is 23.1 Å². The molecular weight excluding hydrogens is 328 g/mol. The molecule has 0 N–H and O–H groups in total. The molecule has 1 aromatic heterocycles. The van der Waals surface area contributed by atoms with Crippen molar-refractivity contribution in [1.29, 1.82) is 5.26 Å².